The van der Waals surface area contributed by atoms with Crippen molar-refractivity contribution in [2.75, 3.05) is 12.5 Å². The highest BCUT2D eigenvalue weighted by Gasteiger charge is 2.37. The fourth-order valence-electron chi connectivity index (χ4n) is 2.73. The number of rotatable bonds is 3. The van der Waals surface area contributed by atoms with E-state index in [2.05, 4.69) is 12.2 Å². The van der Waals surface area contributed by atoms with E-state index in [1.807, 2.05) is 0 Å². The molecule has 98 valence electrons. The second-order valence-electron chi connectivity index (χ2n) is 5.59. The normalized spacial score (nSPS) is 38.0. The smallest absolute Gasteiger partial charge is 0.249 e. The van der Waals surface area contributed by atoms with Crippen molar-refractivity contribution in [2.45, 2.75) is 57.1 Å². The fourth-order valence-corrected chi connectivity index (χ4v) is 3.07. The van der Waals surface area contributed by atoms with Gasteiger partial charge in [-0.25, -0.2) is 0 Å². The summed E-state index contributed by atoms with van der Waals surface area (Å²) in [5.41, 5.74) is -0.183. The van der Waals surface area contributed by atoms with E-state index >= 15 is 0 Å². The van der Waals surface area contributed by atoms with Crippen LogP contribution in [0.2, 0.25) is 0 Å². The number of hydrogen-bond donors (Lipinski definition) is 1. The lowest BCUT2D eigenvalue weighted by molar-refractivity contribution is -0.132. The minimum atomic E-state index is -0.241. The molecule has 1 N–H and O–H groups in total. The number of alkyl halides is 1. The predicted molar refractivity (Wildman–Crippen MR) is 68.2 cm³/mol. The van der Waals surface area contributed by atoms with E-state index in [0.717, 1.165) is 44.4 Å². The topological polar surface area (TPSA) is 38.3 Å². The van der Waals surface area contributed by atoms with E-state index in [1.54, 1.807) is 0 Å². The van der Waals surface area contributed by atoms with Gasteiger partial charge in [-0.05, 0) is 44.4 Å². The van der Waals surface area contributed by atoms with E-state index < -0.39 is 0 Å². The van der Waals surface area contributed by atoms with E-state index in [-0.39, 0.29) is 17.6 Å². The molecule has 1 amide bonds. The zero-order chi connectivity index (χ0) is 12.3. The molecule has 2 rings (SSSR count). The molecule has 1 unspecified atom stereocenters. The summed E-state index contributed by atoms with van der Waals surface area (Å²) in [6.07, 6.45) is 5.89. The van der Waals surface area contributed by atoms with Crippen molar-refractivity contribution in [1.29, 1.82) is 0 Å². The van der Waals surface area contributed by atoms with Gasteiger partial charge in [0.05, 0.1) is 5.54 Å². The van der Waals surface area contributed by atoms with Crippen molar-refractivity contribution < 1.29 is 9.53 Å². The molecule has 1 aliphatic heterocycles. The summed E-state index contributed by atoms with van der Waals surface area (Å²) >= 11 is 6.08. The van der Waals surface area contributed by atoms with Crippen LogP contribution in [0, 0.1) is 5.92 Å². The molecule has 1 heterocycles. The summed E-state index contributed by atoms with van der Waals surface area (Å²) in [6, 6.07) is 0. The first kappa shape index (κ1) is 13.2. The molecule has 0 radical (unpaired) electrons. The minimum Gasteiger partial charge on any atom is -0.368 e. The van der Waals surface area contributed by atoms with Gasteiger partial charge in [-0.1, -0.05) is 6.92 Å². The van der Waals surface area contributed by atoms with E-state index in [4.69, 9.17) is 16.3 Å². The lowest BCUT2D eigenvalue weighted by Gasteiger charge is -2.39. The molecule has 1 aliphatic carbocycles. The van der Waals surface area contributed by atoms with Gasteiger partial charge >= 0.3 is 0 Å². The van der Waals surface area contributed by atoms with Crippen LogP contribution in [0.25, 0.3) is 0 Å². The maximum atomic E-state index is 12.1. The summed E-state index contributed by atoms with van der Waals surface area (Å²) in [7, 11) is 0. The average Bonchev–Trinajstić information content (AvgIpc) is 2.86. The average molecular weight is 260 g/mol. The minimum absolute atomic E-state index is 0.0395. The van der Waals surface area contributed by atoms with Crippen LogP contribution in [0.5, 0.6) is 0 Å². The van der Waals surface area contributed by atoms with Gasteiger partial charge in [-0.15, -0.1) is 11.6 Å². The van der Waals surface area contributed by atoms with Gasteiger partial charge in [0.25, 0.3) is 0 Å². The van der Waals surface area contributed by atoms with Crippen LogP contribution < -0.4 is 5.32 Å². The summed E-state index contributed by atoms with van der Waals surface area (Å²) in [5, 5.41) is 3.15. The van der Waals surface area contributed by atoms with Gasteiger partial charge in [0, 0.05) is 12.5 Å². The van der Waals surface area contributed by atoms with Crippen LogP contribution in [0.1, 0.15) is 45.4 Å². The highest BCUT2D eigenvalue weighted by atomic mass is 35.5. The number of carbonyl (C=O) groups excluding carboxylic acids is 1. The molecular formula is C13H22ClNO2. The number of halogens is 1. The number of amides is 1. The molecule has 1 saturated heterocycles. The Morgan fingerprint density at radius 1 is 1.41 bits per heavy atom. The molecule has 0 aromatic carbocycles. The van der Waals surface area contributed by atoms with Crippen molar-refractivity contribution >= 4 is 17.5 Å². The van der Waals surface area contributed by atoms with Crippen molar-refractivity contribution in [3.63, 3.8) is 0 Å². The quantitative estimate of drug-likeness (QED) is 0.791. The number of hydrogen-bond acceptors (Lipinski definition) is 2. The van der Waals surface area contributed by atoms with Crippen LogP contribution >= 0.6 is 11.6 Å². The molecule has 3 nitrogen and oxygen atoms in total. The Hall–Kier alpha value is -0.280. The number of carbonyl (C=O) groups is 1. The Kier molecular flexibility index (Phi) is 4.31. The first-order chi connectivity index (χ1) is 8.15. The Morgan fingerprint density at radius 2 is 2.12 bits per heavy atom. The van der Waals surface area contributed by atoms with Crippen LogP contribution in [0.3, 0.4) is 0 Å². The van der Waals surface area contributed by atoms with Crippen molar-refractivity contribution in [1.82, 2.24) is 5.32 Å². The van der Waals surface area contributed by atoms with Gasteiger partial charge in [0.1, 0.15) is 6.10 Å². The highest BCUT2D eigenvalue weighted by Crippen LogP contribution is 2.33. The molecule has 0 spiro atoms. The maximum Gasteiger partial charge on any atom is 0.249 e. The van der Waals surface area contributed by atoms with Gasteiger partial charge in [0.15, 0.2) is 0 Å². The Bertz CT molecular complexity index is 269. The lowest BCUT2D eigenvalue weighted by Crippen LogP contribution is -2.54. The molecule has 0 aromatic heterocycles. The summed E-state index contributed by atoms with van der Waals surface area (Å²) < 4.78 is 5.41. The Morgan fingerprint density at radius 3 is 2.65 bits per heavy atom. The molecule has 4 heteroatoms. The summed E-state index contributed by atoms with van der Waals surface area (Å²) in [4.78, 5) is 12.1. The fraction of sp³-hybridized carbons (Fsp3) is 0.923. The molecule has 2 aliphatic rings. The molecule has 0 aromatic rings. The third-order valence-corrected chi connectivity index (χ3v) is 4.61. The first-order valence-electron chi connectivity index (χ1n) is 6.65. The molecule has 2 fully saturated rings. The van der Waals surface area contributed by atoms with E-state index in [9.17, 15) is 4.79 Å². The number of ether oxygens (including phenoxy) is 1. The Labute approximate surface area is 108 Å². The summed E-state index contributed by atoms with van der Waals surface area (Å²) in [5.74, 6) is 1.31. The second-order valence-corrected chi connectivity index (χ2v) is 5.85. The van der Waals surface area contributed by atoms with Gasteiger partial charge in [-0.2, -0.15) is 0 Å². The van der Waals surface area contributed by atoms with E-state index in [0.29, 0.717) is 12.5 Å². The SMILES string of the molecule is CC1CCC(CCl)(NC(=O)C2CCCO2)CC1. The standard InChI is InChI=1S/C13H22ClNO2/c1-10-4-6-13(9-14,7-5-10)15-12(16)11-3-2-8-17-11/h10-11H,2-9H2,1H3,(H,15,16). The molecule has 0 bridgehead atoms. The first-order valence-corrected chi connectivity index (χ1v) is 7.18. The van der Waals surface area contributed by atoms with Crippen molar-refractivity contribution in [3.05, 3.63) is 0 Å². The van der Waals surface area contributed by atoms with Crippen molar-refractivity contribution in [2.24, 2.45) is 5.92 Å². The van der Waals surface area contributed by atoms with Crippen LogP contribution in [-0.2, 0) is 9.53 Å². The summed E-state index contributed by atoms with van der Waals surface area (Å²) in [6.45, 7) is 2.98. The van der Waals surface area contributed by atoms with Gasteiger partial charge in [-0.3, -0.25) is 4.79 Å². The van der Waals surface area contributed by atoms with Crippen LogP contribution in [-0.4, -0.2) is 30.0 Å². The number of nitrogens with one attached hydrogen (secondary N) is 1. The maximum absolute atomic E-state index is 12.1. The van der Waals surface area contributed by atoms with E-state index in [1.165, 1.54) is 0 Å². The van der Waals surface area contributed by atoms with Crippen LogP contribution in [0.4, 0.5) is 0 Å². The molecule has 1 saturated carbocycles. The second kappa shape index (κ2) is 5.57. The largest absolute Gasteiger partial charge is 0.368 e. The Balaban J connectivity index is 1.92. The zero-order valence-electron chi connectivity index (χ0n) is 10.5. The molecule has 1 atom stereocenters. The van der Waals surface area contributed by atoms with Gasteiger partial charge < -0.3 is 10.1 Å². The van der Waals surface area contributed by atoms with Crippen LogP contribution in [0.15, 0.2) is 0 Å². The zero-order valence-corrected chi connectivity index (χ0v) is 11.3. The third-order valence-electron chi connectivity index (χ3n) is 4.10. The lowest BCUT2D eigenvalue weighted by atomic mass is 9.78. The third kappa shape index (κ3) is 3.14. The highest BCUT2D eigenvalue weighted by molar-refractivity contribution is 6.18. The molecule has 17 heavy (non-hydrogen) atoms. The van der Waals surface area contributed by atoms with Gasteiger partial charge in [0.2, 0.25) is 5.91 Å². The van der Waals surface area contributed by atoms with Crippen molar-refractivity contribution in [3.8, 4) is 0 Å². The monoisotopic (exact) mass is 259 g/mol. The molecular weight excluding hydrogens is 238 g/mol. The predicted octanol–water partition coefficient (Wildman–Crippen LogP) is 2.47.